The fourth-order valence-electron chi connectivity index (χ4n) is 6.80. The molecule has 0 aliphatic carbocycles. The first-order chi connectivity index (χ1) is 25.1. The van der Waals surface area contributed by atoms with Crippen molar-refractivity contribution in [3.8, 4) is 5.75 Å². The van der Waals surface area contributed by atoms with E-state index in [1.165, 1.54) is 0 Å². The number of hydrogen-bond donors (Lipinski definition) is 1. The molecule has 3 heterocycles. The number of carbonyl (C=O) groups is 4. The Balaban J connectivity index is 1.34. The van der Waals surface area contributed by atoms with Gasteiger partial charge in [-0.15, -0.1) is 0 Å². The smallest absolute Gasteiger partial charge is 0.410 e. The van der Waals surface area contributed by atoms with Crippen LogP contribution in [0.4, 0.5) is 9.18 Å². The van der Waals surface area contributed by atoms with Crippen molar-refractivity contribution in [2.75, 3.05) is 39.5 Å². The number of halogens is 1. The van der Waals surface area contributed by atoms with E-state index < -0.39 is 35.8 Å². The number of carbonyl (C=O) groups excluding carboxylic acids is 4. The zero-order valence-electron chi connectivity index (χ0n) is 32.5. The van der Waals surface area contributed by atoms with Gasteiger partial charge < -0.3 is 29.3 Å². The molecule has 0 saturated carbocycles. The van der Waals surface area contributed by atoms with E-state index in [4.69, 9.17) is 14.2 Å². The highest BCUT2D eigenvalue weighted by Crippen LogP contribution is 2.27. The SMILES string of the molecule is CC(C)(C)OC(=O)C[C@H](NC(=O)[C@@H]1CCCN(C(=O)CCC2CCN(C(=O)OC(C)(C)C)CC2)C1)c1cncc(CCc2cccc(OCCF)c2)c1. The quantitative estimate of drug-likeness (QED) is 0.211. The van der Waals surface area contributed by atoms with Crippen LogP contribution in [0, 0.1) is 11.8 Å². The van der Waals surface area contributed by atoms with Crippen LogP contribution in [-0.4, -0.2) is 89.3 Å². The third-order valence-corrected chi connectivity index (χ3v) is 9.45. The lowest BCUT2D eigenvalue weighted by Crippen LogP contribution is -2.46. The molecule has 292 valence electrons. The number of pyridine rings is 1. The van der Waals surface area contributed by atoms with Crippen molar-refractivity contribution < 1.29 is 37.8 Å². The zero-order valence-corrected chi connectivity index (χ0v) is 32.5. The fourth-order valence-corrected chi connectivity index (χ4v) is 6.80. The Labute approximate surface area is 314 Å². The van der Waals surface area contributed by atoms with Crippen LogP contribution in [0.15, 0.2) is 42.7 Å². The Bertz CT molecular complexity index is 1530. The lowest BCUT2D eigenvalue weighted by Gasteiger charge is -2.35. The molecule has 2 saturated heterocycles. The van der Waals surface area contributed by atoms with Gasteiger partial charge in [0.05, 0.1) is 18.4 Å². The van der Waals surface area contributed by atoms with E-state index in [0.717, 1.165) is 30.4 Å². The molecule has 1 aromatic carbocycles. The van der Waals surface area contributed by atoms with Gasteiger partial charge in [-0.1, -0.05) is 18.2 Å². The average molecular weight is 739 g/mol. The van der Waals surface area contributed by atoms with Crippen LogP contribution in [0.3, 0.4) is 0 Å². The number of esters is 1. The van der Waals surface area contributed by atoms with Gasteiger partial charge in [0.2, 0.25) is 11.8 Å². The summed E-state index contributed by atoms with van der Waals surface area (Å²) < 4.78 is 29.1. The van der Waals surface area contributed by atoms with Crippen LogP contribution in [-0.2, 0) is 36.7 Å². The van der Waals surface area contributed by atoms with Crippen LogP contribution in [0.1, 0.15) is 109 Å². The summed E-state index contributed by atoms with van der Waals surface area (Å²) in [6.07, 6.45) is 8.60. The Morgan fingerprint density at radius 1 is 0.906 bits per heavy atom. The summed E-state index contributed by atoms with van der Waals surface area (Å²) in [5, 5.41) is 3.11. The monoisotopic (exact) mass is 738 g/mol. The highest BCUT2D eigenvalue weighted by atomic mass is 19.1. The maximum Gasteiger partial charge on any atom is 0.410 e. The second kappa shape index (κ2) is 19.2. The third kappa shape index (κ3) is 14.3. The Morgan fingerprint density at radius 2 is 1.62 bits per heavy atom. The first-order valence-corrected chi connectivity index (χ1v) is 19.1. The molecule has 2 aromatic rings. The molecule has 3 amide bonds. The molecular weight excluding hydrogens is 679 g/mol. The van der Waals surface area contributed by atoms with Crippen LogP contribution < -0.4 is 10.1 Å². The molecule has 0 spiro atoms. The van der Waals surface area contributed by atoms with Crippen molar-refractivity contribution in [1.82, 2.24) is 20.1 Å². The summed E-state index contributed by atoms with van der Waals surface area (Å²) in [5.41, 5.74) is 1.45. The van der Waals surface area contributed by atoms with Gasteiger partial charge >= 0.3 is 12.1 Å². The van der Waals surface area contributed by atoms with Crippen LogP contribution in [0.2, 0.25) is 0 Å². The predicted molar refractivity (Wildman–Crippen MR) is 200 cm³/mol. The predicted octanol–water partition coefficient (Wildman–Crippen LogP) is 6.77. The summed E-state index contributed by atoms with van der Waals surface area (Å²) in [4.78, 5) is 60.6. The molecule has 2 aliphatic heterocycles. The summed E-state index contributed by atoms with van der Waals surface area (Å²) >= 11 is 0. The van der Waals surface area contributed by atoms with E-state index >= 15 is 0 Å². The Morgan fingerprint density at radius 3 is 2.32 bits per heavy atom. The average Bonchev–Trinajstić information content (AvgIpc) is 3.11. The van der Waals surface area contributed by atoms with Crippen LogP contribution >= 0.6 is 0 Å². The summed E-state index contributed by atoms with van der Waals surface area (Å²) in [6.45, 7) is 12.6. The molecule has 4 rings (SSSR count). The molecule has 2 fully saturated rings. The maximum atomic E-state index is 13.8. The molecule has 2 atom stereocenters. The molecular formula is C41H59FN4O7. The van der Waals surface area contributed by atoms with E-state index in [-0.39, 0.29) is 30.9 Å². The molecule has 2 aliphatic rings. The number of aromatic nitrogens is 1. The minimum Gasteiger partial charge on any atom is -0.491 e. The number of nitrogens with one attached hydrogen (secondary N) is 1. The largest absolute Gasteiger partial charge is 0.491 e. The van der Waals surface area contributed by atoms with Crippen molar-refractivity contribution in [3.63, 3.8) is 0 Å². The van der Waals surface area contributed by atoms with Gasteiger partial charge in [-0.2, -0.15) is 0 Å². The van der Waals surface area contributed by atoms with Gasteiger partial charge in [0.1, 0.15) is 30.2 Å². The van der Waals surface area contributed by atoms with E-state index in [0.29, 0.717) is 75.5 Å². The maximum absolute atomic E-state index is 13.8. The van der Waals surface area contributed by atoms with E-state index in [9.17, 15) is 23.6 Å². The molecule has 1 N–H and O–H groups in total. The topological polar surface area (TPSA) is 127 Å². The van der Waals surface area contributed by atoms with Gasteiger partial charge in [-0.05, 0) is 121 Å². The molecule has 0 radical (unpaired) electrons. The number of piperidine rings is 2. The van der Waals surface area contributed by atoms with Crippen molar-refractivity contribution >= 4 is 23.9 Å². The van der Waals surface area contributed by atoms with Crippen molar-refractivity contribution in [1.29, 1.82) is 0 Å². The number of nitrogens with zero attached hydrogens (tertiary/aromatic N) is 3. The standard InChI is InChI=1S/C41H59FN4O7/c1-40(2,3)52-37(48)25-35(33-23-31(26-43-27-33)13-12-30-9-7-11-34(24-30)51-22-18-42)44-38(49)32-10-8-19-46(28-32)36(47)15-14-29-16-20-45(21-17-29)39(50)53-41(4,5)6/h7,9,11,23-24,26-27,29,32,35H,8,10,12-22,25,28H2,1-6H3,(H,44,49)/t32-,35+/m1/s1. The first-order valence-electron chi connectivity index (χ1n) is 19.1. The van der Waals surface area contributed by atoms with Crippen molar-refractivity contribution in [2.45, 2.75) is 117 Å². The molecule has 11 nitrogen and oxygen atoms in total. The number of amides is 3. The highest BCUT2D eigenvalue weighted by molar-refractivity contribution is 5.82. The highest BCUT2D eigenvalue weighted by Gasteiger charge is 2.32. The number of rotatable bonds is 14. The van der Waals surface area contributed by atoms with Crippen LogP contribution in [0.5, 0.6) is 5.75 Å². The fraction of sp³-hybridized carbons (Fsp3) is 0.634. The van der Waals surface area contributed by atoms with Gasteiger partial charge in [-0.3, -0.25) is 19.4 Å². The van der Waals surface area contributed by atoms with Gasteiger partial charge in [0.15, 0.2) is 0 Å². The van der Waals surface area contributed by atoms with Crippen molar-refractivity contribution in [2.24, 2.45) is 11.8 Å². The van der Waals surface area contributed by atoms with Gasteiger partial charge in [-0.25, -0.2) is 9.18 Å². The van der Waals surface area contributed by atoms with Gasteiger partial charge in [0, 0.05) is 45.0 Å². The van der Waals surface area contributed by atoms with E-state index in [1.807, 2.05) is 45.0 Å². The van der Waals surface area contributed by atoms with Crippen LogP contribution in [0.25, 0.3) is 0 Å². The number of hydrogen-bond acceptors (Lipinski definition) is 8. The lowest BCUT2D eigenvalue weighted by atomic mass is 9.91. The molecule has 1 aromatic heterocycles. The third-order valence-electron chi connectivity index (χ3n) is 9.45. The molecule has 0 bridgehead atoms. The van der Waals surface area contributed by atoms with Gasteiger partial charge in [0.25, 0.3) is 0 Å². The minimum atomic E-state index is -0.687. The van der Waals surface area contributed by atoms with E-state index in [1.54, 1.807) is 49.0 Å². The second-order valence-corrected chi connectivity index (χ2v) is 16.3. The second-order valence-electron chi connectivity index (χ2n) is 16.3. The lowest BCUT2D eigenvalue weighted by molar-refractivity contribution is -0.155. The first kappa shape index (κ1) is 41.5. The number of benzene rings is 1. The summed E-state index contributed by atoms with van der Waals surface area (Å²) in [6, 6.07) is 8.85. The van der Waals surface area contributed by atoms with Crippen molar-refractivity contribution in [3.05, 3.63) is 59.4 Å². The summed E-state index contributed by atoms with van der Waals surface area (Å²) in [5.74, 6) is -0.0388. The molecule has 53 heavy (non-hydrogen) atoms. The number of ether oxygens (including phenoxy) is 3. The summed E-state index contributed by atoms with van der Waals surface area (Å²) in [7, 11) is 0. The number of aryl methyl sites for hydroxylation is 2. The minimum absolute atomic E-state index is 0.00868. The Hall–Kier alpha value is -4.22. The molecule has 12 heteroatoms. The Kier molecular flexibility index (Phi) is 15.1. The number of alkyl halides is 1. The number of likely N-dealkylation sites (tertiary alicyclic amines) is 2. The van der Waals surface area contributed by atoms with E-state index in [2.05, 4.69) is 10.3 Å². The zero-order chi connectivity index (χ0) is 38.6. The molecule has 0 unspecified atom stereocenters. The normalized spacial score (nSPS) is 17.5.